The van der Waals surface area contributed by atoms with Crippen molar-refractivity contribution in [3.05, 3.63) is 102 Å². The highest BCUT2D eigenvalue weighted by molar-refractivity contribution is 6.11. The van der Waals surface area contributed by atoms with Crippen LogP contribution in [0.4, 0.5) is 0 Å². The fraction of sp³-hybridized carbons (Fsp3) is 0.179. The van der Waals surface area contributed by atoms with Crippen LogP contribution in [0.1, 0.15) is 52.0 Å². The van der Waals surface area contributed by atoms with Gasteiger partial charge in [-0.1, -0.05) is 75.4 Å². The maximum absolute atomic E-state index is 9.24. The number of benzene rings is 3. The minimum atomic E-state index is -0.930. The summed E-state index contributed by atoms with van der Waals surface area (Å²) < 4.78 is 24.0. The van der Waals surface area contributed by atoms with E-state index in [0.717, 1.165) is 49.9 Å². The molecule has 0 bridgehead atoms. The monoisotopic (exact) mass is 393 g/mol. The highest BCUT2D eigenvalue weighted by Crippen LogP contribution is 2.40. The predicted molar refractivity (Wildman–Crippen MR) is 125 cm³/mol. The molecule has 0 amide bonds. The molecular formula is C28H25NO. The van der Waals surface area contributed by atoms with Gasteiger partial charge in [0.15, 0.2) is 0 Å². The molecule has 0 aliphatic carbocycles. The molecule has 2 nitrogen and oxygen atoms in total. The number of pyridine rings is 1. The molecular weight excluding hydrogens is 366 g/mol. The van der Waals surface area contributed by atoms with Gasteiger partial charge in [0, 0.05) is 31.2 Å². The van der Waals surface area contributed by atoms with E-state index in [9.17, 15) is 1.37 Å². The van der Waals surface area contributed by atoms with Gasteiger partial charge >= 0.3 is 0 Å². The Morgan fingerprint density at radius 2 is 1.63 bits per heavy atom. The van der Waals surface area contributed by atoms with Crippen molar-refractivity contribution in [2.24, 2.45) is 0 Å². The molecule has 3 aromatic carbocycles. The van der Waals surface area contributed by atoms with Crippen molar-refractivity contribution in [2.75, 3.05) is 0 Å². The number of hydrogen-bond acceptors (Lipinski definition) is 2. The summed E-state index contributed by atoms with van der Waals surface area (Å²) in [7, 11) is 0. The van der Waals surface area contributed by atoms with Crippen molar-refractivity contribution >= 4 is 21.9 Å². The molecule has 0 fully saturated rings. The number of aromatic nitrogens is 1. The van der Waals surface area contributed by atoms with E-state index in [1.165, 1.54) is 0 Å². The highest BCUT2D eigenvalue weighted by atomic mass is 16.3. The lowest BCUT2D eigenvalue weighted by atomic mass is 9.89. The summed E-state index contributed by atoms with van der Waals surface area (Å²) in [6.45, 7) is 5.68. The van der Waals surface area contributed by atoms with Crippen LogP contribution in [0.3, 0.4) is 0 Å². The maximum Gasteiger partial charge on any atom is 0.144 e. The zero-order chi connectivity index (χ0) is 22.5. The summed E-state index contributed by atoms with van der Waals surface area (Å²) >= 11 is 0. The van der Waals surface area contributed by atoms with Crippen molar-refractivity contribution in [1.29, 1.82) is 0 Å². The summed E-state index contributed by atoms with van der Waals surface area (Å²) in [5.74, 6) is -1.64. The first-order valence-electron chi connectivity index (χ1n) is 11.2. The summed E-state index contributed by atoms with van der Waals surface area (Å²) in [5.41, 5.74) is 5.94. The predicted octanol–water partition coefficient (Wildman–Crippen LogP) is 7.92. The lowest BCUT2D eigenvalue weighted by Crippen LogP contribution is -1.96. The van der Waals surface area contributed by atoms with Gasteiger partial charge in [-0.2, -0.15) is 0 Å². The van der Waals surface area contributed by atoms with Crippen molar-refractivity contribution in [1.82, 2.24) is 4.98 Å². The van der Waals surface area contributed by atoms with Crippen LogP contribution < -0.4 is 0 Å². The Balaban J connectivity index is 1.76. The molecule has 5 aromatic rings. The smallest absolute Gasteiger partial charge is 0.144 e. The molecule has 0 N–H and O–H groups in total. The molecule has 2 heterocycles. The van der Waals surface area contributed by atoms with Crippen LogP contribution >= 0.6 is 0 Å². The van der Waals surface area contributed by atoms with Crippen LogP contribution in [-0.4, -0.2) is 4.98 Å². The van der Waals surface area contributed by atoms with E-state index < -0.39 is 11.8 Å². The molecule has 2 heteroatoms. The van der Waals surface area contributed by atoms with Crippen LogP contribution in [-0.2, 0) is 0 Å². The van der Waals surface area contributed by atoms with Gasteiger partial charge in [-0.25, -0.2) is 0 Å². The Kier molecular flexibility index (Phi) is 4.08. The SMILES string of the molecule is [2H]C(C)(C)c1ccnc(-c2cccc3c2oc2cccc(C([2H])(C)c4ccccc4)c23)c1. The standard InChI is InChI=1S/C28H25NO/c1-18(2)21-15-16-29-25(17-21)23-12-7-13-24-27-22(11-8-14-26(27)30-28(23)24)19(3)20-9-5-4-6-10-20/h4-19H,1-3H3/i18D,19D. The largest absolute Gasteiger partial charge is 0.455 e. The summed E-state index contributed by atoms with van der Waals surface area (Å²) in [6, 6.07) is 25.8. The average Bonchev–Trinajstić information content (AvgIpc) is 3.18. The van der Waals surface area contributed by atoms with E-state index in [1.54, 1.807) is 6.20 Å². The average molecular weight is 394 g/mol. The van der Waals surface area contributed by atoms with Gasteiger partial charge in [-0.05, 0) is 46.8 Å². The molecule has 0 aliphatic rings. The van der Waals surface area contributed by atoms with E-state index >= 15 is 0 Å². The number of fused-ring (bicyclic) bond motifs is 3. The van der Waals surface area contributed by atoms with Crippen LogP contribution in [0.2, 0.25) is 0 Å². The highest BCUT2D eigenvalue weighted by Gasteiger charge is 2.19. The number of para-hydroxylation sites is 1. The second-order valence-electron chi connectivity index (χ2n) is 7.88. The van der Waals surface area contributed by atoms with Gasteiger partial charge in [0.1, 0.15) is 11.2 Å². The second-order valence-corrected chi connectivity index (χ2v) is 7.88. The molecule has 148 valence electrons. The van der Waals surface area contributed by atoms with Crippen molar-refractivity contribution in [3.63, 3.8) is 0 Å². The van der Waals surface area contributed by atoms with Crippen LogP contribution in [0.25, 0.3) is 33.2 Å². The molecule has 1 atom stereocenters. The fourth-order valence-electron chi connectivity index (χ4n) is 4.09. The zero-order valence-electron chi connectivity index (χ0n) is 19.4. The molecule has 0 spiro atoms. The van der Waals surface area contributed by atoms with Gasteiger partial charge in [0.05, 0.1) is 5.69 Å². The van der Waals surface area contributed by atoms with Gasteiger partial charge in [0.2, 0.25) is 0 Å². The van der Waals surface area contributed by atoms with Crippen molar-refractivity contribution < 1.29 is 7.16 Å². The number of hydrogen-bond donors (Lipinski definition) is 0. The van der Waals surface area contributed by atoms with E-state index in [0.29, 0.717) is 0 Å². The summed E-state index contributed by atoms with van der Waals surface area (Å²) in [5, 5.41) is 1.93. The van der Waals surface area contributed by atoms with E-state index in [-0.39, 0.29) is 0 Å². The minimum Gasteiger partial charge on any atom is -0.455 e. The Hall–Kier alpha value is -3.39. The summed E-state index contributed by atoms with van der Waals surface area (Å²) in [4.78, 5) is 4.58. The first kappa shape index (κ1) is 16.4. The summed E-state index contributed by atoms with van der Waals surface area (Å²) in [6.07, 6.45) is 1.75. The van der Waals surface area contributed by atoms with E-state index in [2.05, 4.69) is 4.98 Å². The van der Waals surface area contributed by atoms with Crippen molar-refractivity contribution in [2.45, 2.75) is 32.6 Å². The normalized spacial score (nSPS) is 15.0. The third kappa shape index (κ3) is 3.09. The third-order valence-electron chi connectivity index (χ3n) is 5.75. The topological polar surface area (TPSA) is 26.0 Å². The quantitative estimate of drug-likeness (QED) is 0.310. The number of nitrogens with zero attached hydrogens (tertiary/aromatic N) is 1. The van der Waals surface area contributed by atoms with Crippen LogP contribution in [0.15, 0.2) is 89.5 Å². The van der Waals surface area contributed by atoms with Gasteiger partial charge in [0.25, 0.3) is 0 Å². The number of furan rings is 1. The molecule has 0 saturated heterocycles. The fourth-order valence-corrected chi connectivity index (χ4v) is 4.09. The first-order valence-corrected chi connectivity index (χ1v) is 10.2. The third-order valence-corrected chi connectivity index (χ3v) is 5.75. The van der Waals surface area contributed by atoms with Gasteiger partial charge < -0.3 is 4.42 Å². The molecule has 0 aliphatic heterocycles. The Labute approximate surface area is 180 Å². The van der Waals surface area contributed by atoms with Gasteiger partial charge in [-0.15, -0.1) is 0 Å². The second kappa shape index (κ2) is 7.46. The Morgan fingerprint density at radius 1 is 0.833 bits per heavy atom. The van der Waals surface area contributed by atoms with E-state index in [1.807, 2.05) is 99.6 Å². The molecule has 0 saturated carbocycles. The lowest BCUT2D eigenvalue weighted by Gasteiger charge is -2.13. The Bertz CT molecular complexity index is 1430. The molecule has 5 rings (SSSR count). The van der Waals surface area contributed by atoms with E-state index in [4.69, 9.17) is 5.79 Å². The zero-order valence-corrected chi connectivity index (χ0v) is 17.4. The van der Waals surface area contributed by atoms with Crippen LogP contribution in [0, 0.1) is 0 Å². The van der Waals surface area contributed by atoms with Crippen LogP contribution in [0.5, 0.6) is 0 Å². The molecule has 2 aromatic heterocycles. The minimum absolute atomic E-state index is 0.713. The number of rotatable bonds is 4. The maximum atomic E-state index is 9.24. The van der Waals surface area contributed by atoms with Crippen molar-refractivity contribution in [3.8, 4) is 11.3 Å². The molecule has 1 unspecified atom stereocenters. The molecule has 30 heavy (non-hydrogen) atoms. The lowest BCUT2D eigenvalue weighted by molar-refractivity contribution is 0.669. The first-order chi connectivity index (χ1) is 15.3. The molecule has 0 radical (unpaired) electrons. The van der Waals surface area contributed by atoms with Gasteiger partial charge in [-0.3, -0.25) is 4.98 Å². The Morgan fingerprint density at radius 3 is 2.43 bits per heavy atom.